The molecule has 1 rings (SSSR count). The predicted octanol–water partition coefficient (Wildman–Crippen LogP) is 0.717. The Balaban J connectivity index is 0.00000361. The molecular weight excluding hydrogens is 284 g/mol. The van der Waals surface area contributed by atoms with Crippen molar-refractivity contribution in [2.24, 2.45) is 5.73 Å². The van der Waals surface area contributed by atoms with Crippen LogP contribution < -0.4 is 20.5 Å². The monoisotopic (exact) mass is 304 g/mol. The zero-order valence-electron chi connectivity index (χ0n) is 11.7. The van der Waals surface area contributed by atoms with Crippen LogP contribution in [0.2, 0.25) is 0 Å². The average molecular weight is 305 g/mol. The van der Waals surface area contributed by atoms with E-state index in [-0.39, 0.29) is 19.0 Å². The number of hydrogen-bond acceptors (Lipinski definition) is 5. The van der Waals surface area contributed by atoms with Gasteiger partial charge >= 0.3 is 0 Å². The molecule has 0 bridgehead atoms. The van der Waals surface area contributed by atoms with Crippen LogP contribution in [0.4, 0.5) is 0 Å². The Kier molecular flexibility index (Phi) is 9.53. The molecule has 0 radical (unpaired) electrons. The van der Waals surface area contributed by atoms with Crippen LogP contribution in [0, 0.1) is 0 Å². The fourth-order valence-corrected chi connectivity index (χ4v) is 1.50. The van der Waals surface area contributed by atoms with Crippen LogP contribution >= 0.6 is 12.4 Å². The van der Waals surface area contributed by atoms with Crippen LogP contribution in [0.25, 0.3) is 0 Å². The van der Waals surface area contributed by atoms with Crippen molar-refractivity contribution >= 4 is 18.3 Å². The summed E-state index contributed by atoms with van der Waals surface area (Å²) in [7, 11) is 3.21. The SMILES string of the molecule is COCCNCc1ccc(OCC(N)=O)c(OC)c1.Cl. The summed E-state index contributed by atoms with van der Waals surface area (Å²) in [6, 6.07) is 5.52. The molecule has 0 atom stereocenters. The molecule has 0 aliphatic heterocycles. The van der Waals surface area contributed by atoms with Crippen molar-refractivity contribution in [2.45, 2.75) is 6.54 Å². The molecule has 1 aromatic carbocycles. The first-order valence-electron chi connectivity index (χ1n) is 5.95. The van der Waals surface area contributed by atoms with E-state index < -0.39 is 5.91 Å². The molecule has 0 unspecified atom stereocenters. The molecule has 0 saturated carbocycles. The van der Waals surface area contributed by atoms with Crippen molar-refractivity contribution in [2.75, 3.05) is 34.0 Å². The second-order valence-electron chi connectivity index (χ2n) is 3.91. The largest absolute Gasteiger partial charge is 0.493 e. The molecular formula is C13H21ClN2O4. The number of ether oxygens (including phenoxy) is 3. The zero-order chi connectivity index (χ0) is 14.1. The van der Waals surface area contributed by atoms with E-state index in [1.807, 2.05) is 12.1 Å². The lowest BCUT2D eigenvalue weighted by Gasteiger charge is -2.11. The van der Waals surface area contributed by atoms with Gasteiger partial charge in [-0.25, -0.2) is 0 Å². The quantitative estimate of drug-likeness (QED) is 0.657. The molecule has 0 saturated heterocycles. The summed E-state index contributed by atoms with van der Waals surface area (Å²) in [6.07, 6.45) is 0. The molecule has 114 valence electrons. The van der Waals surface area contributed by atoms with E-state index in [1.54, 1.807) is 20.3 Å². The number of carbonyl (C=O) groups excluding carboxylic acids is 1. The number of rotatable bonds is 9. The molecule has 1 amide bonds. The third-order valence-electron chi connectivity index (χ3n) is 2.41. The van der Waals surface area contributed by atoms with Crippen molar-refractivity contribution in [3.8, 4) is 11.5 Å². The van der Waals surface area contributed by atoms with Gasteiger partial charge in [-0.2, -0.15) is 0 Å². The number of primary amides is 1. The Morgan fingerprint density at radius 1 is 1.30 bits per heavy atom. The van der Waals surface area contributed by atoms with Crippen LogP contribution in [-0.2, 0) is 16.1 Å². The first-order valence-corrected chi connectivity index (χ1v) is 5.95. The molecule has 0 fully saturated rings. The summed E-state index contributed by atoms with van der Waals surface area (Å²) < 4.78 is 15.4. The normalized spacial score (nSPS) is 9.70. The predicted molar refractivity (Wildman–Crippen MR) is 78.5 cm³/mol. The molecule has 20 heavy (non-hydrogen) atoms. The molecule has 0 aliphatic carbocycles. The van der Waals surface area contributed by atoms with Crippen LogP contribution in [-0.4, -0.2) is 39.9 Å². The second-order valence-corrected chi connectivity index (χ2v) is 3.91. The molecule has 0 aromatic heterocycles. The van der Waals surface area contributed by atoms with Gasteiger partial charge in [0.2, 0.25) is 0 Å². The van der Waals surface area contributed by atoms with Gasteiger partial charge in [0.1, 0.15) is 0 Å². The third-order valence-corrected chi connectivity index (χ3v) is 2.41. The van der Waals surface area contributed by atoms with Gasteiger partial charge < -0.3 is 25.3 Å². The van der Waals surface area contributed by atoms with E-state index in [1.165, 1.54) is 0 Å². The highest BCUT2D eigenvalue weighted by Crippen LogP contribution is 2.27. The van der Waals surface area contributed by atoms with Crippen molar-refractivity contribution in [3.05, 3.63) is 23.8 Å². The van der Waals surface area contributed by atoms with E-state index >= 15 is 0 Å². The van der Waals surface area contributed by atoms with Gasteiger partial charge in [-0.3, -0.25) is 4.79 Å². The Hall–Kier alpha value is -1.50. The molecule has 7 heteroatoms. The number of benzene rings is 1. The van der Waals surface area contributed by atoms with Crippen molar-refractivity contribution < 1.29 is 19.0 Å². The zero-order valence-corrected chi connectivity index (χ0v) is 12.5. The average Bonchev–Trinajstić information content (AvgIpc) is 2.41. The number of nitrogens with two attached hydrogens (primary N) is 1. The number of methoxy groups -OCH3 is 2. The molecule has 0 spiro atoms. The fourth-order valence-electron chi connectivity index (χ4n) is 1.50. The summed E-state index contributed by atoms with van der Waals surface area (Å²) in [4.78, 5) is 10.7. The van der Waals surface area contributed by atoms with Gasteiger partial charge in [0, 0.05) is 20.2 Å². The standard InChI is InChI=1S/C13H20N2O4.ClH/c1-17-6-5-15-8-10-3-4-11(12(7-10)18-2)19-9-13(14)16;/h3-4,7,15H,5-6,8-9H2,1-2H3,(H2,14,16);1H. The lowest BCUT2D eigenvalue weighted by atomic mass is 10.2. The number of carbonyl (C=O) groups is 1. The van der Waals surface area contributed by atoms with Crippen LogP contribution in [0.15, 0.2) is 18.2 Å². The minimum Gasteiger partial charge on any atom is -0.493 e. The highest BCUT2D eigenvalue weighted by atomic mass is 35.5. The Bertz CT molecular complexity index is 415. The smallest absolute Gasteiger partial charge is 0.255 e. The Morgan fingerprint density at radius 2 is 2.05 bits per heavy atom. The van der Waals surface area contributed by atoms with Gasteiger partial charge in [-0.05, 0) is 17.7 Å². The van der Waals surface area contributed by atoms with Gasteiger partial charge in [0.05, 0.1) is 13.7 Å². The van der Waals surface area contributed by atoms with E-state index in [4.69, 9.17) is 19.9 Å². The summed E-state index contributed by atoms with van der Waals surface area (Å²) in [5.74, 6) is 0.557. The van der Waals surface area contributed by atoms with Crippen molar-refractivity contribution in [1.82, 2.24) is 5.32 Å². The number of nitrogens with one attached hydrogen (secondary N) is 1. The fraction of sp³-hybridized carbons (Fsp3) is 0.462. The van der Waals surface area contributed by atoms with E-state index in [0.717, 1.165) is 12.1 Å². The molecule has 6 nitrogen and oxygen atoms in total. The Morgan fingerprint density at radius 3 is 2.65 bits per heavy atom. The van der Waals surface area contributed by atoms with Crippen molar-refractivity contribution in [3.63, 3.8) is 0 Å². The van der Waals surface area contributed by atoms with Crippen LogP contribution in [0.1, 0.15) is 5.56 Å². The summed E-state index contributed by atoms with van der Waals surface area (Å²) in [5, 5.41) is 3.23. The highest BCUT2D eigenvalue weighted by molar-refractivity contribution is 5.85. The molecule has 1 aromatic rings. The molecule has 3 N–H and O–H groups in total. The minimum atomic E-state index is -0.521. The van der Waals surface area contributed by atoms with Gasteiger partial charge in [-0.15, -0.1) is 12.4 Å². The lowest BCUT2D eigenvalue weighted by molar-refractivity contribution is -0.119. The maximum atomic E-state index is 10.7. The number of hydrogen-bond donors (Lipinski definition) is 2. The summed E-state index contributed by atoms with van der Waals surface area (Å²) in [5.41, 5.74) is 6.08. The van der Waals surface area contributed by atoms with Gasteiger partial charge in [0.15, 0.2) is 18.1 Å². The van der Waals surface area contributed by atoms with Crippen molar-refractivity contribution in [1.29, 1.82) is 0 Å². The van der Waals surface area contributed by atoms with Crippen LogP contribution in [0.5, 0.6) is 11.5 Å². The first kappa shape index (κ1) is 18.5. The summed E-state index contributed by atoms with van der Waals surface area (Å²) in [6.45, 7) is 1.98. The maximum Gasteiger partial charge on any atom is 0.255 e. The lowest BCUT2D eigenvalue weighted by Crippen LogP contribution is -2.20. The highest BCUT2D eigenvalue weighted by Gasteiger charge is 2.07. The third kappa shape index (κ3) is 6.60. The first-order chi connectivity index (χ1) is 9.17. The van der Waals surface area contributed by atoms with E-state index in [2.05, 4.69) is 5.32 Å². The second kappa shape index (κ2) is 10.3. The van der Waals surface area contributed by atoms with E-state index in [9.17, 15) is 4.79 Å². The Labute approximate surface area is 125 Å². The topological polar surface area (TPSA) is 82.8 Å². The van der Waals surface area contributed by atoms with Gasteiger partial charge in [-0.1, -0.05) is 6.07 Å². The van der Waals surface area contributed by atoms with Crippen LogP contribution in [0.3, 0.4) is 0 Å². The summed E-state index contributed by atoms with van der Waals surface area (Å²) >= 11 is 0. The molecule has 0 heterocycles. The number of amides is 1. The van der Waals surface area contributed by atoms with E-state index in [0.29, 0.717) is 24.7 Å². The minimum absolute atomic E-state index is 0. The van der Waals surface area contributed by atoms with Gasteiger partial charge in [0.25, 0.3) is 5.91 Å². The maximum absolute atomic E-state index is 10.7. The number of halogens is 1. The molecule has 0 aliphatic rings.